The van der Waals surface area contributed by atoms with E-state index >= 15 is 0 Å². The highest BCUT2D eigenvalue weighted by atomic mass is 32.1. The molecule has 1 amide bonds. The van der Waals surface area contributed by atoms with Crippen molar-refractivity contribution in [2.75, 3.05) is 0 Å². The first-order chi connectivity index (χ1) is 10.8. The lowest BCUT2D eigenvalue weighted by Crippen LogP contribution is -2.25. The number of hydrogen-bond donors (Lipinski definition) is 1. The zero-order chi connectivity index (χ0) is 15.1. The lowest BCUT2D eigenvalue weighted by molar-refractivity contribution is 0.0947. The number of hydrogen-bond acceptors (Lipinski definition) is 3. The van der Waals surface area contributed by atoms with E-state index in [0.717, 1.165) is 30.1 Å². The van der Waals surface area contributed by atoms with Crippen LogP contribution in [0, 0.1) is 0 Å². The number of para-hydroxylation sites is 1. The molecule has 3 aromatic rings. The van der Waals surface area contributed by atoms with Crippen molar-refractivity contribution in [3.63, 3.8) is 0 Å². The van der Waals surface area contributed by atoms with Gasteiger partial charge in [-0.15, -0.1) is 11.3 Å². The molecule has 2 aromatic heterocycles. The predicted octanol–water partition coefficient (Wildman–Crippen LogP) is 3.68. The van der Waals surface area contributed by atoms with Crippen LogP contribution in [0.15, 0.2) is 35.7 Å². The van der Waals surface area contributed by atoms with Gasteiger partial charge >= 0.3 is 0 Å². The van der Waals surface area contributed by atoms with E-state index in [1.807, 2.05) is 11.4 Å². The van der Waals surface area contributed by atoms with Crippen molar-refractivity contribution in [2.24, 2.45) is 0 Å². The van der Waals surface area contributed by atoms with E-state index in [4.69, 9.17) is 0 Å². The number of thiazole rings is 1. The minimum absolute atomic E-state index is 0.0517. The molecule has 4 rings (SSSR count). The first kappa shape index (κ1) is 13.5. The molecule has 1 saturated carbocycles. The Kier molecular flexibility index (Phi) is 3.22. The summed E-state index contributed by atoms with van der Waals surface area (Å²) >= 11 is 1.53. The Hall–Kier alpha value is -2.14. The van der Waals surface area contributed by atoms with Gasteiger partial charge in [-0.3, -0.25) is 4.79 Å². The molecular formula is C17H17N3OS. The van der Waals surface area contributed by atoms with Gasteiger partial charge in [0.15, 0.2) is 0 Å². The Morgan fingerprint density at radius 2 is 2.23 bits per heavy atom. The summed E-state index contributed by atoms with van der Waals surface area (Å²) < 4.78 is 2.25. The van der Waals surface area contributed by atoms with Gasteiger partial charge in [-0.1, -0.05) is 18.2 Å². The molecule has 1 N–H and O–H groups in total. The van der Waals surface area contributed by atoms with Crippen LogP contribution < -0.4 is 5.32 Å². The van der Waals surface area contributed by atoms with Crippen LogP contribution in [0.2, 0.25) is 0 Å². The van der Waals surface area contributed by atoms with Crippen molar-refractivity contribution in [2.45, 2.75) is 32.4 Å². The van der Waals surface area contributed by atoms with Crippen LogP contribution in [0.5, 0.6) is 0 Å². The van der Waals surface area contributed by atoms with Crippen LogP contribution in [0.25, 0.3) is 21.6 Å². The van der Waals surface area contributed by atoms with E-state index in [1.165, 1.54) is 22.2 Å². The summed E-state index contributed by atoms with van der Waals surface area (Å²) in [6.07, 6.45) is 2.18. The van der Waals surface area contributed by atoms with Crippen molar-refractivity contribution in [3.05, 3.63) is 41.4 Å². The zero-order valence-corrected chi connectivity index (χ0v) is 13.2. The highest BCUT2D eigenvalue weighted by Crippen LogP contribution is 2.30. The first-order valence-corrected chi connectivity index (χ1v) is 8.49. The van der Waals surface area contributed by atoms with Crippen molar-refractivity contribution in [1.29, 1.82) is 0 Å². The maximum absolute atomic E-state index is 12.1. The van der Waals surface area contributed by atoms with E-state index in [0.29, 0.717) is 11.7 Å². The van der Waals surface area contributed by atoms with Gasteiger partial charge in [0.05, 0.1) is 5.69 Å². The molecular weight excluding hydrogens is 294 g/mol. The quantitative estimate of drug-likeness (QED) is 0.799. The molecule has 0 spiro atoms. The van der Waals surface area contributed by atoms with Crippen molar-refractivity contribution < 1.29 is 4.79 Å². The van der Waals surface area contributed by atoms with E-state index in [-0.39, 0.29) is 5.91 Å². The lowest BCUT2D eigenvalue weighted by atomic mass is 10.2. The normalized spacial score (nSPS) is 14.4. The third-order valence-corrected chi connectivity index (χ3v) is 4.86. The molecule has 22 heavy (non-hydrogen) atoms. The third kappa shape index (κ3) is 2.31. The smallest absolute Gasteiger partial charge is 0.270 e. The number of amides is 1. The van der Waals surface area contributed by atoms with Crippen LogP contribution in [-0.2, 0) is 6.54 Å². The molecule has 0 unspecified atom stereocenters. The Balaban J connectivity index is 1.72. The van der Waals surface area contributed by atoms with Crippen LogP contribution in [-0.4, -0.2) is 21.5 Å². The molecule has 0 saturated heterocycles. The van der Waals surface area contributed by atoms with E-state index in [1.54, 1.807) is 0 Å². The summed E-state index contributed by atoms with van der Waals surface area (Å²) in [6.45, 7) is 3.01. The van der Waals surface area contributed by atoms with Crippen LogP contribution in [0.1, 0.15) is 30.3 Å². The summed E-state index contributed by atoms with van der Waals surface area (Å²) in [7, 11) is 0. The maximum atomic E-state index is 12.1. The minimum atomic E-state index is -0.0517. The van der Waals surface area contributed by atoms with Crippen molar-refractivity contribution in [1.82, 2.24) is 14.9 Å². The number of nitrogens with zero attached hydrogens (tertiary/aromatic N) is 2. The first-order valence-electron chi connectivity index (χ1n) is 7.61. The molecule has 2 heterocycles. The fraction of sp³-hybridized carbons (Fsp3) is 0.294. The summed E-state index contributed by atoms with van der Waals surface area (Å²) in [6, 6.07) is 10.8. The molecule has 5 heteroatoms. The number of aromatic nitrogens is 2. The molecule has 1 fully saturated rings. The van der Waals surface area contributed by atoms with Gasteiger partial charge in [-0.25, -0.2) is 4.98 Å². The van der Waals surface area contributed by atoms with Gasteiger partial charge in [0, 0.05) is 28.9 Å². The van der Waals surface area contributed by atoms with Crippen LogP contribution in [0.3, 0.4) is 0 Å². The topological polar surface area (TPSA) is 46.9 Å². The SMILES string of the molecule is CCn1c(-c2nc(C(=O)NC3CC3)cs2)cc2ccccc21. The highest BCUT2D eigenvalue weighted by molar-refractivity contribution is 7.13. The summed E-state index contributed by atoms with van der Waals surface area (Å²) in [4.78, 5) is 16.6. The van der Waals surface area contributed by atoms with Crippen molar-refractivity contribution >= 4 is 28.1 Å². The van der Waals surface area contributed by atoms with Crippen LogP contribution in [0.4, 0.5) is 0 Å². The van der Waals surface area contributed by atoms with E-state index in [9.17, 15) is 4.79 Å². The second-order valence-corrected chi connectivity index (χ2v) is 6.48. The van der Waals surface area contributed by atoms with Gasteiger partial charge in [0.2, 0.25) is 0 Å². The number of benzene rings is 1. The van der Waals surface area contributed by atoms with Crippen molar-refractivity contribution in [3.8, 4) is 10.7 Å². The standard InChI is InChI=1S/C17H17N3OS/c1-2-20-14-6-4-3-5-11(14)9-15(20)17-19-13(10-22-17)16(21)18-12-7-8-12/h3-6,9-10,12H,2,7-8H2,1H3,(H,18,21). The Labute approximate surface area is 132 Å². The molecule has 1 aliphatic carbocycles. The molecule has 0 atom stereocenters. The second kappa shape index (κ2) is 5.25. The Morgan fingerprint density at radius 3 is 3.00 bits per heavy atom. The summed E-state index contributed by atoms with van der Waals surface area (Å²) in [5.74, 6) is -0.0517. The molecule has 4 nitrogen and oxygen atoms in total. The fourth-order valence-corrected chi connectivity index (χ4v) is 3.53. The molecule has 0 bridgehead atoms. The molecule has 0 aliphatic heterocycles. The van der Waals surface area contributed by atoms with Gasteiger partial charge in [-0.05, 0) is 31.9 Å². The summed E-state index contributed by atoms with van der Waals surface area (Å²) in [5.41, 5.74) is 2.82. The zero-order valence-electron chi connectivity index (χ0n) is 12.4. The largest absolute Gasteiger partial charge is 0.348 e. The molecule has 0 radical (unpaired) electrons. The predicted molar refractivity (Wildman–Crippen MR) is 89.2 cm³/mol. The number of nitrogens with one attached hydrogen (secondary N) is 1. The van der Waals surface area contributed by atoms with Gasteiger partial charge in [-0.2, -0.15) is 0 Å². The lowest BCUT2D eigenvalue weighted by Gasteiger charge is -2.05. The highest BCUT2D eigenvalue weighted by Gasteiger charge is 2.25. The monoisotopic (exact) mass is 311 g/mol. The number of carbonyl (C=O) groups is 1. The average Bonchev–Trinajstić information content (AvgIpc) is 3.09. The van der Waals surface area contributed by atoms with E-state index in [2.05, 4.69) is 46.1 Å². The molecule has 1 aromatic carbocycles. The fourth-order valence-electron chi connectivity index (χ4n) is 2.71. The third-order valence-electron chi connectivity index (χ3n) is 4.00. The average molecular weight is 311 g/mol. The summed E-state index contributed by atoms with van der Waals surface area (Å²) in [5, 5.41) is 6.95. The van der Waals surface area contributed by atoms with E-state index < -0.39 is 0 Å². The Morgan fingerprint density at radius 1 is 1.41 bits per heavy atom. The van der Waals surface area contributed by atoms with Gasteiger partial charge in [0.25, 0.3) is 5.91 Å². The maximum Gasteiger partial charge on any atom is 0.270 e. The number of rotatable bonds is 4. The van der Waals surface area contributed by atoms with Gasteiger partial charge in [0.1, 0.15) is 10.7 Å². The van der Waals surface area contributed by atoms with Crippen LogP contribution >= 0.6 is 11.3 Å². The molecule has 112 valence electrons. The molecule has 1 aliphatic rings. The number of aryl methyl sites for hydroxylation is 1. The number of fused-ring (bicyclic) bond motifs is 1. The Bertz CT molecular complexity index is 845. The minimum Gasteiger partial charge on any atom is -0.348 e. The second-order valence-electron chi connectivity index (χ2n) is 5.62. The number of carbonyl (C=O) groups excluding carboxylic acids is 1. The van der Waals surface area contributed by atoms with Gasteiger partial charge < -0.3 is 9.88 Å².